The van der Waals surface area contributed by atoms with Crippen LogP contribution < -0.4 is 5.32 Å². The molecule has 1 N–H and O–H groups in total. The van der Waals surface area contributed by atoms with E-state index in [0.717, 1.165) is 29.2 Å². The van der Waals surface area contributed by atoms with Crippen LogP contribution in [0.5, 0.6) is 0 Å². The molecule has 1 unspecified atom stereocenters. The SMILES string of the molecule is CCNC(c1ccnc(C)n1)c1cc2cccc(Cl)c2o1. The van der Waals surface area contributed by atoms with Gasteiger partial charge < -0.3 is 9.73 Å². The predicted octanol–water partition coefficient (Wildman–Crippen LogP) is 3.88. The van der Waals surface area contributed by atoms with Crippen molar-refractivity contribution in [2.45, 2.75) is 19.9 Å². The first-order valence-corrected chi connectivity index (χ1v) is 7.27. The van der Waals surface area contributed by atoms with Crippen LogP contribution in [0.25, 0.3) is 11.0 Å². The molecule has 1 aromatic carbocycles. The summed E-state index contributed by atoms with van der Waals surface area (Å²) in [6.07, 6.45) is 1.76. The number of halogens is 1. The second-order valence-corrected chi connectivity index (χ2v) is 5.23. The minimum absolute atomic E-state index is 0.111. The molecule has 0 fully saturated rings. The highest BCUT2D eigenvalue weighted by Crippen LogP contribution is 2.31. The van der Waals surface area contributed by atoms with E-state index in [4.69, 9.17) is 16.0 Å². The standard InChI is InChI=1S/C16H16ClN3O/c1-3-18-15(13-7-8-19-10(2)20-13)14-9-11-5-4-6-12(17)16(11)21-14/h4-9,15,18H,3H2,1-2H3. The van der Waals surface area contributed by atoms with E-state index in [0.29, 0.717) is 10.6 Å². The van der Waals surface area contributed by atoms with Crippen LogP contribution in [0, 0.1) is 6.92 Å². The van der Waals surface area contributed by atoms with E-state index in [1.807, 2.05) is 37.3 Å². The monoisotopic (exact) mass is 301 g/mol. The lowest BCUT2D eigenvalue weighted by Gasteiger charge is -2.15. The fraction of sp³-hybridized carbons (Fsp3) is 0.250. The van der Waals surface area contributed by atoms with Crippen LogP contribution in [0.3, 0.4) is 0 Å². The summed E-state index contributed by atoms with van der Waals surface area (Å²) in [5.74, 6) is 1.54. The molecule has 2 heterocycles. The Hall–Kier alpha value is -1.91. The lowest BCUT2D eigenvalue weighted by Crippen LogP contribution is -2.22. The van der Waals surface area contributed by atoms with Crippen LogP contribution in [-0.2, 0) is 0 Å². The highest BCUT2D eigenvalue weighted by atomic mass is 35.5. The summed E-state index contributed by atoms with van der Waals surface area (Å²) in [4.78, 5) is 8.64. The number of furan rings is 1. The highest BCUT2D eigenvalue weighted by Gasteiger charge is 2.20. The fourth-order valence-electron chi connectivity index (χ4n) is 2.38. The molecule has 108 valence electrons. The zero-order chi connectivity index (χ0) is 14.8. The third kappa shape index (κ3) is 2.77. The minimum atomic E-state index is -0.111. The van der Waals surface area contributed by atoms with E-state index in [-0.39, 0.29) is 6.04 Å². The Morgan fingerprint density at radius 3 is 2.90 bits per heavy atom. The Kier molecular flexibility index (Phi) is 3.90. The van der Waals surface area contributed by atoms with Gasteiger partial charge in [-0.3, -0.25) is 0 Å². The average molecular weight is 302 g/mol. The lowest BCUT2D eigenvalue weighted by atomic mass is 10.1. The van der Waals surface area contributed by atoms with Crippen LogP contribution in [0.1, 0.15) is 30.2 Å². The van der Waals surface area contributed by atoms with Gasteiger partial charge in [0.25, 0.3) is 0 Å². The van der Waals surface area contributed by atoms with Gasteiger partial charge in [0.15, 0.2) is 5.58 Å². The summed E-state index contributed by atoms with van der Waals surface area (Å²) in [6, 6.07) is 9.53. The van der Waals surface area contributed by atoms with Crippen molar-refractivity contribution in [3.05, 3.63) is 58.8 Å². The Balaban J connectivity index is 2.09. The molecule has 3 rings (SSSR count). The molecular weight excluding hydrogens is 286 g/mol. The molecule has 0 bridgehead atoms. The van der Waals surface area contributed by atoms with Crippen molar-refractivity contribution in [1.29, 1.82) is 0 Å². The van der Waals surface area contributed by atoms with Gasteiger partial charge >= 0.3 is 0 Å². The summed E-state index contributed by atoms with van der Waals surface area (Å²) >= 11 is 6.18. The average Bonchev–Trinajstić information content (AvgIpc) is 2.90. The molecule has 21 heavy (non-hydrogen) atoms. The Labute approximate surface area is 128 Å². The zero-order valence-corrected chi connectivity index (χ0v) is 12.7. The van der Waals surface area contributed by atoms with Crippen LogP contribution >= 0.6 is 11.6 Å². The van der Waals surface area contributed by atoms with Gasteiger partial charge in [-0.15, -0.1) is 0 Å². The first-order valence-electron chi connectivity index (χ1n) is 6.90. The van der Waals surface area contributed by atoms with Crippen molar-refractivity contribution < 1.29 is 4.42 Å². The van der Waals surface area contributed by atoms with E-state index in [1.165, 1.54) is 0 Å². The number of fused-ring (bicyclic) bond motifs is 1. The van der Waals surface area contributed by atoms with Crippen LogP contribution in [0.15, 0.2) is 40.9 Å². The number of aryl methyl sites for hydroxylation is 1. The van der Waals surface area contributed by atoms with Gasteiger partial charge in [0.1, 0.15) is 17.6 Å². The van der Waals surface area contributed by atoms with Crippen molar-refractivity contribution in [2.75, 3.05) is 6.54 Å². The number of benzene rings is 1. The van der Waals surface area contributed by atoms with Gasteiger partial charge in [-0.1, -0.05) is 30.7 Å². The molecule has 0 aliphatic heterocycles. The number of aromatic nitrogens is 2. The van der Waals surface area contributed by atoms with Gasteiger partial charge in [0, 0.05) is 11.6 Å². The molecule has 0 saturated carbocycles. The van der Waals surface area contributed by atoms with Gasteiger partial charge in [-0.25, -0.2) is 9.97 Å². The van der Waals surface area contributed by atoms with Crippen LogP contribution in [0.4, 0.5) is 0 Å². The maximum absolute atomic E-state index is 6.18. The Morgan fingerprint density at radius 1 is 1.33 bits per heavy atom. The predicted molar refractivity (Wildman–Crippen MR) is 83.5 cm³/mol. The van der Waals surface area contributed by atoms with Crippen molar-refractivity contribution >= 4 is 22.6 Å². The number of hydrogen-bond acceptors (Lipinski definition) is 4. The van der Waals surface area contributed by atoms with Crippen molar-refractivity contribution in [2.24, 2.45) is 0 Å². The van der Waals surface area contributed by atoms with E-state index < -0.39 is 0 Å². The summed E-state index contributed by atoms with van der Waals surface area (Å²) < 4.78 is 5.95. The molecule has 0 spiro atoms. The van der Waals surface area contributed by atoms with E-state index >= 15 is 0 Å². The fourth-order valence-corrected chi connectivity index (χ4v) is 2.60. The number of rotatable bonds is 4. The topological polar surface area (TPSA) is 51.0 Å². The molecule has 0 radical (unpaired) electrons. The molecule has 1 atom stereocenters. The normalized spacial score (nSPS) is 12.7. The second kappa shape index (κ2) is 5.84. The summed E-state index contributed by atoms with van der Waals surface area (Å²) in [7, 11) is 0. The Morgan fingerprint density at radius 2 is 2.19 bits per heavy atom. The van der Waals surface area contributed by atoms with Crippen LogP contribution in [0.2, 0.25) is 5.02 Å². The van der Waals surface area contributed by atoms with E-state index in [9.17, 15) is 0 Å². The van der Waals surface area contributed by atoms with Crippen LogP contribution in [-0.4, -0.2) is 16.5 Å². The second-order valence-electron chi connectivity index (χ2n) is 4.83. The Bertz CT molecular complexity index is 769. The first-order chi connectivity index (χ1) is 10.2. The highest BCUT2D eigenvalue weighted by molar-refractivity contribution is 6.34. The largest absolute Gasteiger partial charge is 0.457 e. The molecule has 3 aromatic rings. The molecule has 0 aliphatic rings. The van der Waals surface area contributed by atoms with Gasteiger partial charge in [-0.05, 0) is 31.7 Å². The van der Waals surface area contributed by atoms with Gasteiger partial charge in [-0.2, -0.15) is 0 Å². The molecule has 0 saturated heterocycles. The lowest BCUT2D eigenvalue weighted by molar-refractivity contribution is 0.470. The minimum Gasteiger partial charge on any atom is -0.457 e. The summed E-state index contributed by atoms with van der Waals surface area (Å²) in [5.41, 5.74) is 1.60. The molecule has 2 aromatic heterocycles. The summed E-state index contributed by atoms with van der Waals surface area (Å²) in [5, 5.41) is 5.01. The zero-order valence-electron chi connectivity index (χ0n) is 11.9. The smallest absolute Gasteiger partial charge is 0.152 e. The van der Waals surface area contributed by atoms with Gasteiger partial charge in [0.2, 0.25) is 0 Å². The number of hydrogen-bond donors (Lipinski definition) is 1. The number of para-hydroxylation sites is 1. The molecular formula is C16H16ClN3O. The van der Waals surface area contributed by atoms with Crippen molar-refractivity contribution in [3.63, 3.8) is 0 Å². The summed E-state index contributed by atoms with van der Waals surface area (Å²) in [6.45, 7) is 4.73. The third-order valence-corrected chi connectivity index (χ3v) is 3.60. The third-order valence-electron chi connectivity index (χ3n) is 3.30. The maximum atomic E-state index is 6.18. The maximum Gasteiger partial charge on any atom is 0.152 e. The number of nitrogens with zero attached hydrogens (tertiary/aromatic N) is 2. The first kappa shape index (κ1) is 14.0. The van der Waals surface area contributed by atoms with E-state index in [1.54, 1.807) is 6.20 Å². The quantitative estimate of drug-likeness (QED) is 0.794. The van der Waals surface area contributed by atoms with Gasteiger partial charge in [0.05, 0.1) is 10.7 Å². The van der Waals surface area contributed by atoms with Crippen molar-refractivity contribution in [1.82, 2.24) is 15.3 Å². The molecule has 5 heteroatoms. The van der Waals surface area contributed by atoms with Crippen molar-refractivity contribution in [3.8, 4) is 0 Å². The van der Waals surface area contributed by atoms with E-state index in [2.05, 4.69) is 22.2 Å². The number of nitrogens with one attached hydrogen (secondary N) is 1. The molecule has 0 amide bonds. The molecule has 4 nitrogen and oxygen atoms in total. The molecule has 0 aliphatic carbocycles.